The first kappa shape index (κ1) is 10.6. The van der Waals surface area contributed by atoms with Crippen molar-refractivity contribution in [2.75, 3.05) is 7.11 Å². The first-order chi connectivity index (χ1) is 6.69. The van der Waals surface area contributed by atoms with Gasteiger partial charge in [-0.25, -0.2) is 0 Å². The van der Waals surface area contributed by atoms with Crippen LogP contribution >= 0.6 is 0 Å². The second-order valence-corrected chi connectivity index (χ2v) is 3.23. The largest absolute Gasteiger partial charge is 0.504 e. The predicted molar refractivity (Wildman–Crippen MR) is 53.8 cm³/mol. The minimum atomic E-state index is 0.120. The summed E-state index contributed by atoms with van der Waals surface area (Å²) in [6, 6.07) is 5.13. The average Bonchev–Trinajstić information content (AvgIpc) is 2.19. The first-order valence-corrected chi connectivity index (χ1v) is 4.49. The second kappa shape index (κ2) is 4.65. The summed E-state index contributed by atoms with van der Waals surface area (Å²) in [6.45, 7) is 1.96. The summed E-state index contributed by atoms with van der Waals surface area (Å²) in [5, 5.41) is 9.35. The van der Waals surface area contributed by atoms with Gasteiger partial charge in [0.2, 0.25) is 0 Å². The Morgan fingerprint density at radius 2 is 2.29 bits per heavy atom. The van der Waals surface area contributed by atoms with Crippen LogP contribution in [0.3, 0.4) is 0 Å². The Labute approximate surface area is 83.3 Å². The van der Waals surface area contributed by atoms with Gasteiger partial charge in [0.15, 0.2) is 11.5 Å². The first-order valence-electron chi connectivity index (χ1n) is 4.49. The number of carbonyl (C=O) groups is 1. The molecule has 3 heteroatoms. The highest BCUT2D eigenvalue weighted by Gasteiger charge is 2.08. The Morgan fingerprint density at radius 3 is 2.86 bits per heavy atom. The predicted octanol–water partition coefficient (Wildman–Crippen LogP) is 2.09. The smallest absolute Gasteiger partial charge is 0.160 e. The molecule has 0 aliphatic carbocycles. The molecule has 1 rings (SSSR count). The lowest BCUT2D eigenvalue weighted by atomic mass is 9.98. The topological polar surface area (TPSA) is 46.5 Å². The molecule has 14 heavy (non-hydrogen) atoms. The molecule has 0 aliphatic heterocycles. The molecule has 0 bridgehead atoms. The normalized spacial score (nSPS) is 12.1. The molecular weight excluding hydrogens is 180 g/mol. The van der Waals surface area contributed by atoms with E-state index in [0.29, 0.717) is 12.2 Å². The number of benzene rings is 1. The van der Waals surface area contributed by atoms with Crippen LogP contribution in [0.15, 0.2) is 18.2 Å². The van der Waals surface area contributed by atoms with Crippen LogP contribution in [0, 0.1) is 0 Å². The minimum Gasteiger partial charge on any atom is -0.504 e. The van der Waals surface area contributed by atoms with E-state index in [1.807, 2.05) is 6.92 Å². The van der Waals surface area contributed by atoms with Crippen LogP contribution in [-0.4, -0.2) is 18.5 Å². The summed E-state index contributed by atoms with van der Waals surface area (Å²) in [6.07, 6.45) is 1.37. The highest BCUT2D eigenvalue weighted by molar-refractivity contribution is 5.52. The number of carbonyl (C=O) groups excluding carboxylic acids is 1. The molecule has 0 radical (unpaired) electrons. The highest BCUT2D eigenvalue weighted by atomic mass is 16.5. The van der Waals surface area contributed by atoms with Gasteiger partial charge in [-0.15, -0.1) is 0 Å². The minimum absolute atomic E-state index is 0.120. The van der Waals surface area contributed by atoms with Gasteiger partial charge in [-0.1, -0.05) is 13.0 Å². The van der Waals surface area contributed by atoms with Crippen LogP contribution in [0.4, 0.5) is 0 Å². The highest BCUT2D eigenvalue weighted by Crippen LogP contribution is 2.30. The third-order valence-electron chi connectivity index (χ3n) is 2.22. The quantitative estimate of drug-likeness (QED) is 0.746. The van der Waals surface area contributed by atoms with Gasteiger partial charge in [0.1, 0.15) is 6.29 Å². The van der Waals surface area contributed by atoms with Crippen molar-refractivity contribution >= 4 is 6.29 Å². The lowest BCUT2D eigenvalue weighted by Gasteiger charge is -2.10. The number of phenolic OH excluding ortho intramolecular Hbond substituents is 1. The summed E-state index contributed by atoms with van der Waals surface area (Å²) in [5.74, 6) is 0.719. The van der Waals surface area contributed by atoms with Crippen molar-refractivity contribution in [1.82, 2.24) is 0 Å². The molecule has 1 aromatic carbocycles. The Balaban J connectivity index is 2.93. The van der Waals surface area contributed by atoms with Gasteiger partial charge < -0.3 is 14.6 Å². The molecule has 0 aliphatic rings. The monoisotopic (exact) mass is 194 g/mol. The summed E-state index contributed by atoms with van der Waals surface area (Å²) >= 11 is 0. The van der Waals surface area contributed by atoms with Gasteiger partial charge in [0, 0.05) is 6.42 Å². The maximum Gasteiger partial charge on any atom is 0.160 e. The molecule has 0 aromatic heterocycles. The van der Waals surface area contributed by atoms with E-state index in [0.717, 1.165) is 11.8 Å². The van der Waals surface area contributed by atoms with Gasteiger partial charge in [0.05, 0.1) is 7.11 Å². The number of hydrogen-bond donors (Lipinski definition) is 1. The van der Waals surface area contributed by atoms with Crippen molar-refractivity contribution in [3.8, 4) is 11.5 Å². The molecule has 0 spiro atoms. The summed E-state index contributed by atoms with van der Waals surface area (Å²) < 4.78 is 4.98. The number of hydrogen-bond acceptors (Lipinski definition) is 3. The molecule has 0 saturated heterocycles. The van der Waals surface area contributed by atoms with Crippen molar-refractivity contribution in [2.24, 2.45) is 0 Å². The molecule has 1 unspecified atom stereocenters. The molecule has 1 atom stereocenters. The standard InChI is InChI=1S/C11H14O3/c1-8(5-6-12)9-3-4-10(13)11(7-9)14-2/h3-4,6-8,13H,5H2,1-2H3. The average molecular weight is 194 g/mol. The van der Waals surface area contributed by atoms with E-state index >= 15 is 0 Å². The van der Waals surface area contributed by atoms with Gasteiger partial charge in [0.25, 0.3) is 0 Å². The van der Waals surface area contributed by atoms with Gasteiger partial charge >= 0.3 is 0 Å². The van der Waals surface area contributed by atoms with E-state index in [1.54, 1.807) is 18.2 Å². The van der Waals surface area contributed by atoms with Gasteiger partial charge in [-0.3, -0.25) is 0 Å². The van der Waals surface area contributed by atoms with Crippen molar-refractivity contribution in [1.29, 1.82) is 0 Å². The van der Waals surface area contributed by atoms with Crippen molar-refractivity contribution in [2.45, 2.75) is 19.3 Å². The Morgan fingerprint density at radius 1 is 1.57 bits per heavy atom. The zero-order chi connectivity index (χ0) is 10.6. The van der Waals surface area contributed by atoms with E-state index < -0.39 is 0 Å². The lowest BCUT2D eigenvalue weighted by molar-refractivity contribution is -0.108. The fourth-order valence-electron chi connectivity index (χ4n) is 1.28. The van der Waals surface area contributed by atoms with Crippen molar-refractivity contribution in [3.63, 3.8) is 0 Å². The van der Waals surface area contributed by atoms with Crippen LogP contribution < -0.4 is 4.74 Å². The van der Waals surface area contributed by atoms with Crippen LogP contribution in [0.5, 0.6) is 11.5 Å². The summed E-state index contributed by atoms with van der Waals surface area (Å²) in [7, 11) is 1.50. The maximum absolute atomic E-state index is 10.3. The van der Waals surface area contributed by atoms with Crippen LogP contribution in [0.2, 0.25) is 0 Å². The van der Waals surface area contributed by atoms with E-state index in [2.05, 4.69) is 0 Å². The Kier molecular flexibility index (Phi) is 3.51. The van der Waals surface area contributed by atoms with Gasteiger partial charge in [-0.2, -0.15) is 0 Å². The van der Waals surface area contributed by atoms with Crippen molar-refractivity contribution in [3.05, 3.63) is 23.8 Å². The molecule has 0 heterocycles. The molecule has 76 valence electrons. The molecule has 1 aromatic rings. The molecule has 0 fully saturated rings. The fourth-order valence-corrected chi connectivity index (χ4v) is 1.28. The molecular formula is C11H14O3. The number of ether oxygens (including phenoxy) is 1. The zero-order valence-electron chi connectivity index (χ0n) is 8.36. The Bertz CT molecular complexity index is 320. The number of rotatable bonds is 4. The molecule has 0 amide bonds. The summed E-state index contributed by atoms with van der Waals surface area (Å²) in [4.78, 5) is 10.3. The van der Waals surface area contributed by atoms with Gasteiger partial charge in [-0.05, 0) is 23.6 Å². The number of aromatic hydroxyl groups is 1. The van der Waals surface area contributed by atoms with E-state index in [1.165, 1.54) is 7.11 Å². The number of methoxy groups -OCH3 is 1. The third-order valence-corrected chi connectivity index (χ3v) is 2.22. The van der Waals surface area contributed by atoms with E-state index in [-0.39, 0.29) is 11.7 Å². The molecule has 3 nitrogen and oxygen atoms in total. The zero-order valence-corrected chi connectivity index (χ0v) is 8.36. The lowest BCUT2D eigenvalue weighted by Crippen LogP contribution is -1.95. The fraction of sp³-hybridized carbons (Fsp3) is 0.364. The second-order valence-electron chi connectivity index (χ2n) is 3.23. The van der Waals surface area contributed by atoms with Crippen molar-refractivity contribution < 1.29 is 14.6 Å². The van der Waals surface area contributed by atoms with Crippen LogP contribution in [0.1, 0.15) is 24.8 Å². The van der Waals surface area contributed by atoms with Crippen LogP contribution in [0.25, 0.3) is 0 Å². The van der Waals surface area contributed by atoms with Crippen LogP contribution in [-0.2, 0) is 4.79 Å². The molecule has 0 saturated carbocycles. The Hall–Kier alpha value is -1.51. The van der Waals surface area contributed by atoms with E-state index in [9.17, 15) is 9.90 Å². The van der Waals surface area contributed by atoms with E-state index in [4.69, 9.17) is 4.74 Å². The third kappa shape index (κ3) is 2.25. The number of phenols is 1. The molecule has 1 N–H and O–H groups in total. The SMILES string of the molecule is COc1cc(C(C)CC=O)ccc1O. The number of aldehydes is 1. The summed E-state index contributed by atoms with van der Waals surface area (Å²) in [5.41, 5.74) is 0.992. The maximum atomic E-state index is 10.3.